The predicted octanol–water partition coefficient (Wildman–Crippen LogP) is 2.30. The van der Waals surface area contributed by atoms with Crippen LogP contribution < -0.4 is 5.56 Å². The summed E-state index contributed by atoms with van der Waals surface area (Å²) in [5.74, 6) is 0.694. The van der Waals surface area contributed by atoms with Crippen molar-refractivity contribution >= 4 is 28.1 Å². The van der Waals surface area contributed by atoms with Gasteiger partial charge in [0.25, 0.3) is 5.56 Å². The Morgan fingerprint density at radius 1 is 1.21 bits per heavy atom. The maximum Gasteiger partial charge on any atom is 0.299 e. The van der Waals surface area contributed by atoms with Gasteiger partial charge in [0.2, 0.25) is 0 Å². The molecule has 0 spiro atoms. The molecule has 0 aliphatic heterocycles. The number of H-pyrrole nitrogens is 1. The minimum Gasteiger partial charge on any atom is -0.332 e. The number of aromatic amines is 1. The van der Waals surface area contributed by atoms with Gasteiger partial charge in [-0.05, 0) is 23.6 Å². The van der Waals surface area contributed by atoms with Gasteiger partial charge < -0.3 is 4.98 Å². The molecule has 4 aromatic heterocycles. The fourth-order valence-electron chi connectivity index (χ4n) is 2.09. The molecule has 4 rings (SSSR count). The first-order chi connectivity index (χ1) is 9.33. The monoisotopic (exact) mass is 268 g/mol. The van der Waals surface area contributed by atoms with E-state index in [1.165, 1.54) is 0 Å². The van der Waals surface area contributed by atoms with Crippen LogP contribution in [0.3, 0.4) is 0 Å². The van der Waals surface area contributed by atoms with Crippen LogP contribution in [0.2, 0.25) is 0 Å². The first kappa shape index (κ1) is 10.5. The van der Waals surface area contributed by atoms with Crippen molar-refractivity contribution in [3.8, 4) is 11.4 Å². The summed E-state index contributed by atoms with van der Waals surface area (Å²) in [7, 11) is 0. The van der Waals surface area contributed by atoms with E-state index >= 15 is 0 Å². The topological polar surface area (TPSA) is 63.1 Å². The summed E-state index contributed by atoms with van der Waals surface area (Å²) in [6, 6.07) is 7.49. The molecule has 0 radical (unpaired) electrons. The summed E-state index contributed by atoms with van der Waals surface area (Å²) < 4.78 is 1.81. The molecule has 0 bridgehead atoms. The van der Waals surface area contributed by atoms with Crippen molar-refractivity contribution in [3.63, 3.8) is 0 Å². The van der Waals surface area contributed by atoms with Gasteiger partial charge in [0, 0.05) is 17.1 Å². The van der Waals surface area contributed by atoms with Crippen LogP contribution in [0.25, 0.3) is 28.2 Å². The molecule has 19 heavy (non-hydrogen) atoms. The molecule has 1 N–H and O–H groups in total. The first-order valence-corrected chi connectivity index (χ1v) is 6.67. The zero-order chi connectivity index (χ0) is 12.8. The number of fused-ring (bicyclic) bond motifs is 3. The zero-order valence-electron chi connectivity index (χ0n) is 9.70. The highest BCUT2D eigenvalue weighted by Crippen LogP contribution is 2.21. The van der Waals surface area contributed by atoms with Crippen LogP contribution in [-0.4, -0.2) is 19.4 Å². The van der Waals surface area contributed by atoms with E-state index in [-0.39, 0.29) is 5.56 Å². The van der Waals surface area contributed by atoms with Gasteiger partial charge in [0.1, 0.15) is 11.5 Å². The fourth-order valence-corrected chi connectivity index (χ4v) is 2.73. The summed E-state index contributed by atoms with van der Waals surface area (Å²) in [5.41, 5.74) is 2.34. The van der Waals surface area contributed by atoms with Crippen LogP contribution in [0, 0.1) is 0 Å². The second-order valence-corrected chi connectivity index (χ2v) is 4.92. The van der Waals surface area contributed by atoms with Crippen molar-refractivity contribution in [2.45, 2.75) is 0 Å². The Kier molecular flexibility index (Phi) is 2.07. The van der Waals surface area contributed by atoms with Crippen LogP contribution in [0.1, 0.15) is 0 Å². The molecule has 0 saturated heterocycles. The summed E-state index contributed by atoms with van der Waals surface area (Å²) in [6.07, 6.45) is 1.85. The number of nitrogens with one attached hydrogen (secondary N) is 1. The maximum absolute atomic E-state index is 12.0. The summed E-state index contributed by atoms with van der Waals surface area (Å²) >= 11 is 1.59. The van der Waals surface area contributed by atoms with Gasteiger partial charge in [-0.1, -0.05) is 6.07 Å². The molecular weight excluding hydrogens is 260 g/mol. The SMILES string of the molecule is O=c1nc2ccccn2c2nc(-c3ccsc3)[nH]c12. The average Bonchev–Trinajstić information content (AvgIpc) is 3.08. The molecule has 0 saturated carbocycles. The number of hydrogen-bond acceptors (Lipinski definition) is 4. The van der Waals surface area contributed by atoms with Crippen LogP contribution >= 0.6 is 11.3 Å². The van der Waals surface area contributed by atoms with Crippen LogP contribution in [0.5, 0.6) is 0 Å². The maximum atomic E-state index is 12.0. The molecular formula is C13H8N4OS. The molecule has 4 aromatic rings. The van der Waals surface area contributed by atoms with E-state index in [9.17, 15) is 4.79 Å². The molecule has 0 unspecified atom stereocenters. The van der Waals surface area contributed by atoms with Crippen molar-refractivity contribution in [3.05, 3.63) is 51.6 Å². The van der Waals surface area contributed by atoms with E-state index in [0.29, 0.717) is 22.6 Å². The number of nitrogens with zero attached hydrogens (tertiary/aromatic N) is 3. The highest BCUT2D eigenvalue weighted by atomic mass is 32.1. The Bertz CT molecular complexity index is 936. The summed E-state index contributed by atoms with van der Waals surface area (Å²) in [6.45, 7) is 0. The minimum absolute atomic E-state index is 0.282. The molecule has 0 aromatic carbocycles. The molecule has 0 atom stereocenters. The quantitative estimate of drug-likeness (QED) is 0.576. The number of imidazole rings is 1. The van der Waals surface area contributed by atoms with Crippen LogP contribution in [0.4, 0.5) is 0 Å². The lowest BCUT2D eigenvalue weighted by atomic mass is 10.3. The molecule has 0 aliphatic carbocycles. The number of thiophene rings is 1. The zero-order valence-corrected chi connectivity index (χ0v) is 10.5. The fraction of sp³-hybridized carbons (Fsp3) is 0. The highest BCUT2D eigenvalue weighted by molar-refractivity contribution is 7.08. The van der Waals surface area contributed by atoms with Crippen molar-refractivity contribution in [1.82, 2.24) is 19.4 Å². The Labute approximate surface area is 111 Å². The third kappa shape index (κ3) is 1.50. The van der Waals surface area contributed by atoms with Crippen molar-refractivity contribution in [1.29, 1.82) is 0 Å². The highest BCUT2D eigenvalue weighted by Gasteiger charge is 2.11. The summed E-state index contributed by atoms with van der Waals surface area (Å²) in [5, 5.41) is 3.96. The molecule has 6 heteroatoms. The third-order valence-corrected chi connectivity index (χ3v) is 3.66. The van der Waals surface area contributed by atoms with Gasteiger partial charge in [0.05, 0.1) is 0 Å². The number of hydrogen-bond donors (Lipinski definition) is 1. The van der Waals surface area contributed by atoms with E-state index in [4.69, 9.17) is 0 Å². The lowest BCUT2D eigenvalue weighted by Crippen LogP contribution is -2.10. The third-order valence-electron chi connectivity index (χ3n) is 2.98. The van der Waals surface area contributed by atoms with Gasteiger partial charge in [-0.25, -0.2) is 4.98 Å². The Morgan fingerprint density at radius 3 is 3.00 bits per heavy atom. The van der Waals surface area contributed by atoms with Crippen LogP contribution in [0.15, 0.2) is 46.0 Å². The number of aromatic nitrogens is 4. The second kappa shape index (κ2) is 3.76. The van der Waals surface area contributed by atoms with E-state index in [1.54, 1.807) is 17.4 Å². The Balaban J connectivity index is 2.16. The van der Waals surface area contributed by atoms with E-state index in [0.717, 1.165) is 5.56 Å². The first-order valence-electron chi connectivity index (χ1n) is 5.72. The van der Waals surface area contributed by atoms with Crippen molar-refractivity contribution in [2.24, 2.45) is 0 Å². The van der Waals surface area contributed by atoms with Gasteiger partial charge >= 0.3 is 0 Å². The Morgan fingerprint density at radius 2 is 2.16 bits per heavy atom. The van der Waals surface area contributed by atoms with Gasteiger partial charge in [0.15, 0.2) is 11.2 Å². The smallest absolute Gasteiger partial charge is 0.299 e. The molecule has 5 nitrogen and oxygen atoms in total. The molecule has 4 heterocycles. The second-order valence-electron chi connectivity index (χ2n) is 4.14. The van der Waals surface area contributed by atoms with Crippen molar-refractivity contribution < 1.29 is 0 Å². The molecule has 0 fully saturated rings. The average molecular weight is 268 g/mol. The number of rotatable bonds is 1. The largest absolute Gasteiger partial charge is 0.332 e. The normalized spacial score (nSPS) is 11.4. The number of pyridine rings is 1. The minimum atomic E-state index is -0.282. The van der Waals surface area contributed by atoms with Gasteiger partial charge in [-0.3, -0.25) is 9.20 Å². The summed E-state index contributed by atoms with van der Waals surface area (Å²) in [4.78, 5) is 23.6. The Hall–Kier alpha value is -2.47. The van der Waals surface area contributed by atoms with E-state index in [1.807, 2.05) is 39.6 Å². The van der Waals surface area contributed by atoms with Crippen LogP contribution in [-0.2, 0) is 0 Å². The lowest BCUT2D eigenvalue weighted by molar-refractivity contribution is 1.11. The van der Waals surface area contributed by atoms with E-state index < -0.39 is 0 Å². The predicted molar refractivity (Wildman–Crippen MR) is 74.4 cm³/mol. The standard InChI is InChI=1S/C13H8N4OS/c18-13-10-12(17-5-2-1-3-9(17)14-13)16-11(15-10)8-4-6-19-7-8/h1-7H,(H,15,16). The lowest BCUT2D eigenvalue weighted by Gasteiger charge is -1.98. The van der Waals surface area contributed by atoms with Crippen molar-refractivity contribution in [2.75, 3.05) is 0 Å². The molecule has 0 aliphatic rings. The molecule has 0 amide bonds. The van der Waals surface area contributed by atoms with E-state index in [2.05, 4.69) is 15.0 Å². The molecule has 92 valence electrons. The van der Waals surface area contributed by atoms with Gasteiger partial charge in [-0.15, -0.1) is 0 Å². The van der Waals surface area contributed by atoms with Gasteiger partial charge in [-0.2, -0.15) is 16.3 Å².